The molecule has 27 heavy (non-hydrogen) atoms. The number of nitrogens with one attached hydrogen (secondary N) is 1. The number of anilines is 1. The van der Waals surface area contributed by atoms with Gasteiger partial charge in [-0.3, -0.25) is 9.69 Å². The maximum Gasteiger partial charge on any atom is 0.238 e. The van der Waals surface area contributed by atoms with Crippen LogP contribution in [0.15, 0.2) is 30.3 Å². The summed E-state index contributed by atoms with van der Waals surface area (Å²) in [6, 6.07) is 7.29. The van der Waals surface area contributed by atoms with E-state index in [0.29, 0.717) is 18.0 Å². The lowest BCUT2D eigenvalue weighted by Crippen LogP contribution is -2.39. The van der Waals surface area contributed by atoms with Crippen molar-refractivity contribution in [2.24, 2.45) is 0 Å². The average molecular weight is 376 g/mol. The Labute approximate surface area is 156 Å². The highest BCUT2D eigenvalue weighted by atomic mass is 19.1. The number of para-hydroxylation sites is 1. The molecular formula is C20H22F2N2O3. The van der Waals surface area contributed by atoms with Gasteiger partial charge in [0.1, 0.15) is 17.3 Å². The molecule has 0 aliphatic carbocycles. The highest BCUT2D eigenvalue weighted by Crippen LogP contribution is 2.37. The van der Waals surface area contributed by atoms with Gasteiger partial charge in [0.25, 0.3) is 0 Å². The van der Waals surface area contributed by atoms with Gasteiger partial charge in [-0.25, -0.2) is 8.78 Å². The lowest BCUT2D eigenvalue weighted by atomic mass is 9.93. The van der Waals surface area contributed by atoms with Crippen molar-refractivity contribution in [3.05, 3.63) is 53.1 Å². The highest BCUT2D eigenvalue weighted by molar-refractivity contribution is 5.92. The third-order valence-corrected chi connectivity index (χ3v) is 4.89. The molecule has 144 valence electrons. The average Bonchev–Trinajstić information content (AvgIpc) is 2.66. The van der Waals surface area contributed by atoms with Crippen LogP contribution in [0.4, 0.5) is 14.5 Å². The predicted octanol–water partition coefficient (Wildman–Crippen LogP) is 3.54. The second kappa shape index (κ2) is 7.92. The monoisotopic (exact) mass is 376 g/mol. The SMILES string of the molecule is COc1cc2c(cc1OC)C(C)N(CC(=O)Nc1c(F)cccc1F)CC2. The Hall–Kier alpha value is -2.67. The molecule has 5 nitrogen and oxygen atoms in total. The molecule has 0 radical (unpaired) electrons. The molecule has 1 N–H and O–H groups in total. The van der Waals surface area contributed by atoms with Gasteiger partial charge in [-0.15, -0.1) is 0 Å². The fraction of sp³-hybridized carbons (Fsp3) is 0.350. The van der Waals surface area contributed by atoms with Crippen molar-refractivity contribution < 1.29 is 23.0 Å². The Morgan fingerprint density at radius 2 is 1.81 bits per heavy atom. The number of ether oxygens (including phenoxy) is 2. The Morgan fingerprint density at radius 3 is 2.44 bits per heavy atom. The van der Waals surface area contributed by atoms with Crippen molar-refractivity contribution in [1.29, 1.82) is 0 Å². The van der Waals surface area contributed by atoms with Gasteiger partial charge < -0.3 is 14.8 Å². The molecule has 1 atom stereocenters. The lowest BCUT2D eigenvalue weighted by Gasteiger charge is -2.35. The second-order valence-corrected chi connectivity index (χ2v) is 6.45. The van der Waals surface area contributed by atoms with E-state index in [4.69, 9.17) is 9.47 Å². The fourth-order valence-electron chi connectivity index (χ4n) is 3.39. The predicted molar refractivity (Wildman–Crippen MR) is 98.2 cm³/mol. The van der Waals surface area contributed by atoms with Crippen molar-refractivity contribution >= 4 is 11.6 Å². The highest BCUT2D eigenvalue weighted by Gasteiger charge is 2.27. The molecule has 1 aliphatic heterocycles. The van der Waals surface area contributed by atoms with Crippen LogP contribution in [0.3, 0.4) is 0 Å². The molecule has 0 spiro atoms. The van der Waals surface area contributed by atoms with E-state index in [2.05, 4.69) is 5.32 Å². The van der Waals surface area contributed by atoms with Crippen molar-refractivity contribution in [2.45, 2.75) is 19.4 Å². The maximum absolute atomic E-state index is 13.7. The van der Waals surface area contributed by atoms with Crippen LogP contribution < -0.4 is 14.8 Å². The van der Waals surface area contributed by atoms with E-state index in [-0.39, 0.29) is 12.6 Å². The van der Waals surface area contributed by atoms with Crippen LogP contribution in [0.5, 0.6) is 11.5 Å². The van der Waals surface area contributed by atoms with E-state index in [9.17, 15) is 13.6 Å². The molecule has 2 aromatic rings. The first-order valence-electron chi connectivity index (χ1n) is 8.67. The number of fused-ring (bicyclic) bond motifs is 1. The van der Waals surface area contributed by atoms with E-state index in [1.807, 2.05) is 24.0 Å². The normalized spacial score (nSPS) is 16.6. The number of methoxy groups -OCH3 is 2. The molecule has 1 amide bonds. The molecule has 1 unspecified atom stereocenters. The zero-order valence-corrected chi connectivity index (χ0v) is 15.5. The van der Waals surface area contributed by atoms with Crippen LogP contribution in [0, 0.1) is 11.6 Å². The molecule has 2 aromatic carbocycles. The molecule has 1 heterocycles. The third kappa shape index (κ3) is 3.88. The standard InChI is InChI=1S/C20H22F2N2O3/c1-12-14-10-18(27-3)17(26-2)9-13(14)7-8-24(12)11-19(25)23-20-15(21)5-4-6-16(20)22/h4-6,9-10,12H,7-8,11H2,1-3H3,(H,23,25). The number of carbonyl (C=O) groups excluding carboxylic acids is 1. The van der Waals surface area contributed by atoms with E-state index in [0.717, 1.165) is 29.7 Å². The number of benzene rings is 2. The molecular weight excluding hydrogens is 354 g/mol. The maximum atomic E-state index is 13.7. The Bertz CT molecular complexity index is 837. The Balaban J connectivity index is 1.75. The second-order valence-electron chi connectivity index (χ2n) is 6.45. The fourth-order valence-corrected chi connectivity index (χ4v) is 3.39. The first-order valence-corrected chi connectivity index (χ1v) is 8.67. The molecule has 0 saturated carbocycles. The zero-order valence-electron chi connectivity index (χ0n) is 15.5. The van der Waals surface area contributed by atoms with E-state index in [1.165, 1.54) is 6.07 Å². The number of hydrogen-bond acceptors (Lipinski definition) is 4. The van der Waals surface area contributed by atoms with Gasteiger partial charge in [0.05, 0.1) is 20.8 Å². The third-order valence-electron chi connectivity index (χ3n) is 4.89. The molecule has 1 aliphatic rings. The Kier molecular flexibility index (Phi) is 5.60. The van der Waals surface area contributed by atoms with Gasteiger partial charge in [0.15, 0.2) is 11.5 Å². The number of carbonyl (C=O) groups is 1. The molecule has 0 aromatic heterocycles. The summed E-state index contributed by atoms with van der Waals surface area (Å²) in [6.07, 6.45) is 0.737. The van der Waals surface area contributed by atoms with Crippen LogP contribution in [0.25, 0.3) is 0 Å². The van der Waals surface area contributed by atoms with Gasteiger partial charge in [0, 0.05) is 12.6 Å². The number of amides is 1. The topological polar surface area (TPSA) is 50.8 Å². The zero-order chi connectivity index (χ0) is 19.6. The van der Waals surface area contributed by atoms with E-state index in [1.54, 1.807) is 14.2 Å². The van der Waals surface area contributed by atoms with Crippen LogP contribution in [-0.2, 0) is 11.2 Å². The van der Waals surface area contributed by atoms with Gasteiger partial charge in [-0.05, 0) is 48.7 Å². The number of rotatable bonds is 5. The summed E-state index contributed by atoms with van der Waals surface area (Å²) in [6.45, 7) is 2.67. The first-order chi connectivity index (χ1) is 12.9. The number of hydrogen-bond donors (Lipinski definition) is 1. The molecule has 0 fully saturated rings. The van der Waals surface area contributed by atoms with Gasteiger partial charge in [0.2, 0.25) is 5.91 Å². The summed E-state index contributed by atoms with van der Waals surface area (Å²) in [4.78, 5) is 14.3. The van der Waals surface area contributed by atoms with Crippen LogP contribution in [0.2, 0.25) is 0 Å². The number of halogens is 2. The van der Waals surface area contributed by atoms with E-state index >= 15 is 0 Å². The van der Waals surface area contributed by atoms with Gasteiger partial charge >= 0.3 is 0 Å². The molecule has 0 saturated heterocycles. The van der Waals surface area contributed by atoms with Gasteiger partial charge in [-0.2, -0.15) is 0 Å². The van der Waals surface area contributed by atoms with Crippen LogP contribution in [0.1, 0.15) is 24.1 Å². The summed E-state index contributed by atoms with van der Waals surface area (Å²) in [5.41, 5.74) is 1.76. The smallest absolute Gasteiger partial charge is 0.238 e. The molecule has 3 rings (SSSR count). The minimum absolute atomic E-state index is 0.0305. The van der Waals surface area contributed by atoms with Crippen molar-refractivity contribution in [2.75, 3.05) is 32.6 Å². The summed E-state index contributed by atoms with van der Waals surface area (Å²) < 4.78 is 38.2. The first kappa shape index (κ1) is 19.1. The summed E-state index contributed by atoms with van der Waals surface area (Å²) >= 11 is 0. The van der Waals surface area contributed by atoms with E-state index < -0.39 is 23.2 Å². The molecule has 0 bridgehead atoms. The van der Waals surface area contributed by atoms with Crippen LogP contribution >= 0.6 is 0 Å². The van der Waals surface area contributed by atoms with Crippen molar-refractivity contribution in [3.63, 3.8) is 0 Å². The van der Waals surface area contributed by atoms with Crippen molar-refractivity contribution in [3.8, 4) is 11.5 Å². The molecule has 7 heteroatoms. The minimum atomic E-state index is -0.794. The summed E-state index contributed by atoms with van der Waals surface area (Å²) in [5, 5.41) is 2.34. The minimum Gasteiger partial charge on any atom is -0.493 e. The largest absolute Gasteiger partial charge is 0.493 e. The number of nitrogens with zero attached hydrogens (tertiary/aromatic N) is 1. The summed E-state index contributed by atoms with van der Waals surface area (Å²) in [5.74, 6) is -0.753. The summed E-state index contributed by atoms with van der Waals surface area (Å²) in [7, 11) is 3.17. The Morgan fingerprint density at radius 1 is 1.19 bits per heavy atom. The van der Waals surface area contributed by atoms with Crippen molar-refractivity contribution in [1.82, 2.24) is 4.90 Å². The van der Waals surface area contributed by atoms with Gasteiger partial charge in [-0.1, -0.05) is 6.07 Å². The quantitative estimate of drug-likeness (QED) is 0.867. The van der Waals surface area contributed by atoms with Crippen LogP contribution in [-0.4, -0.2) is 38.1 Å². The lowest BCUT2D eigenvalue weighted by molar-refractivity contribution is -0.118.